The van der Waals surface area contributed by atoms with Crippen LogP contribution < -0.4 is 14.8 Å². The number of carbonyl (C=O) groups excluding carboxylic acids is 1. The van der Waals surface area contributed by atoms with Crippen molar-refractivity contribution in [1.29, 1.82) is 0 Å². The molecule has 7 nitrogen and oxygen atoms in total. The molecule has 0 bridgehead atoms. The largest absolute Gasteiger partial charge is 0.476 e. The third kappa shape index (κ3) is 3.24. The molecular formula is C16H17N3O4S. The summed E-state index contributed by atoms with van der Waals surface area (Å²) in [5, 5.41) is 2.67. The third-order valence-corrected chi connectivity index (χ3v) is 4.99. The predicted octanol–water partition coefficient (Wildman–Crippen LogP) is 1.67. The van der Waals surface area contributed by atoms with Gasteiger partial charge in [-0.2, -0.15) is 0 Å². The van der Waals surface area contributed by atoms with E-state index in [1.165, 1.54) is 18.2 Å². The Kier molecular flexibility index (Phi) is 4.02. The van der Waals surface area contributed by atoms with Crippen LogP contribution >= 0.6 is 0 Å². The molecule has 2 N–H and O–H groups in total. The average Bonchev–Trinajstić information content (AvgIpc) is 2.54. The van der Waals surface area contributed by atoms with Crippen LogP contribution in [0.2, 0.25) is 0 Å². The monoisotopic (exact) mass is 347 g/mol. The molecule has 0 saturated heterocycles. The van der Waals surface area contributed by atoms with Crippen molar-refractivity contribution < 1.29 is 17.9 Å². The number of rotatable bonds is 4. The highest BCUT2D eigenvalue weighted by Crippen LogP contribution is 2.35. The molecule has 0 radical (unpaired) electrons. The van der Waals surface area contributed by atoms with Crippen LogP contribution in [0.4, 0.5) is 5.69 Å². The summed E-state index contributed by atoms with van der Waals surface area (Å²) >= 11 is 0. The van der Waals surface area contributed by atoms with E-state index in [-0.39, 0.29) is 17.3 Å². The van der Waals surface area contributed by atoms with Gasteiger partial charge in [0.15, 0.2) is 5.60 Å². The van der Waals surface area contributed by atoms with Crippen LogP contribution in [0.5, 0.6) is 5.75 Å². The highest BCUT2D eigenvalue weighted by Gasteiger charge is 2.35. The molecule has 0 spiro atoms. The Balaban J connectivity index is 1.82. The van der Waals surface area contributed by atoms with Crippen LogP contribution in [0.25, 0.3) is 0 Å². The first kappa shape index (κ1) is 16.4. The van der Waals surface area contributed by atoms with Gasteiger partial charge in [-0.3, -0.25) is 9.78 Å². The molecule has 0 unspecified atom stereocenters. The van der Waals surface area contributed by atoms with Crippen LogP contribution in [0.15, 0.2) is 47.5 Å². The highest BCUT2D eigenvalue weighted by atomic mass is 32.2. The van der Waals surface area contributed by atoms with Gasteiger partial charge in [-0.05, 0) is 44.2 Å². The molecule has 1 amide bonds. The Hall–Kier alpha value is -2.45. The number of sulfonamides is 1. The van der Waals surface area contributed by atoms with Crippen molar-refractivity contribution in [3.8, 4) is 5.75 Å². The number of amides is 1. The summed E-state index contributed by atoms with van der Waals surface area (Å²) in [5.41, 5.74) is -0.0533. The van der Waals surface area contributed by atoms with E-state index < -0.39 is 15.6 Å². The fourth-order valence-electron chi connectivity index (χ4n) is 2.21. The molecule has 24 heavy (non-hydrogen) atoms. The Bertz CT molecular complexity index is 879. The Morgan fingerprint density at radius 2 is 2.04 bits per heavy atom. The number of ether oxygens (including phenoxy) is 1. The van der Waals surface area contributed by atoms with Crippen molar-refractivity contribution in [2.24, 2.45) is 0 Å². The zero-order chi connectivity index (χ0) is 17.4. The van der Waals surface area contributed by atoms with E-state index in [0.29, 0.717) is 17.1 Å². The summed E-state index contributed by atoms with van der Waals surface area (Å²) in [4.78, 5) is 16.1. The fraction of sp³-hybridized carbons (Fsp3) is 0.250. The van der Waals surface area contributed by atoms with Crippen molar-refractivity contribution in [3.63, 3.8) is 0 Å². The summed E-state index contributed by atoms with van der Waals surface area (Å²) in [6, 6.07) is 9.61. The Labute approximate surface area is 140 Å². The Morgan fingerprint density at radius 3 is 2.75 bits per heavy atom. The van der Waals surface area contributed by atoms with Gasteiger partial charge in [0.1, 0.15) is 5.75 Å². The van der Waals surface area contributed by atoms with Gasteiger partial charge in [-0.1, -0.05) is 6.07 Å². The maximum absolute atomic E-state index is 12.4. The number of carbonyl (C=O) groups is 1. The number of benzene rings is 1. The molecule has 2 heterocycles. The second-order valence-electron chi connectivity index (χ2n) is 5.87. The average molecular weight is 347 g/mol. The smallest absolute Gasteiger partial charge is 0.268 e. The van der Waals surface area contributed by atoms with E-state index in [1.54, 1.807) is 38.2 Å². The van der Waals surface area contributed by atoms with E-state index in [1.807, 2.05) is 0 Å². The van der Waals surface area contributed by atoms with Crippen LogP contribution in [0.1, 0.15) is 19.5 Å². The first-order chi connectivity index (χ1) is 11.3. The standard InChI is InChI=1S/C16H17N3O4S/c1-16(2)15(20)19-13-9-12(6-7-14(13)23-16)24(21,22)18-10-11-5-3-4-8-17-11/h3-9,18H,10H2,1-2H3,(H,19,20). The number of aromatic nitrogens is 1. The number of fused-ring (bicyclic) bond motifs is 1. The van der Waals surface area contributed by atoms with Crippen LogP contribution in [-0.2, 0) is 21.4 Å². The first-order valence-electron chi connectivity index (χ1n) is 7.32. The molecule has 1 aromatic carbocycles. The minimum Gasteiger partial charge on any atom is -0.476 e. The number of anilines is 1. The molecule has 3 rings (SSSR count). The SMILES string of the molecule is CC1(C)Oc2ccc(S(=O)(=O)NCc3ccccn3)cc2NC1=O. The number of pyridine rings is 1. The molecule has 126 valence electrons. The van der Waals surface area contributed by atoms with E-state index in [4.69, 9.17) is 4.74 Å². The van der Waals surface area contributed by atoms with Gasteiger partial charge in [0, 0.05) is 6.20 Å². The van der Waals surface area contributed by atoms with Gasteiger partial charge in [0.25, 0.3) is 5.91 Å². The van der Waals surface area contributed by atoms with Gasteiger partial charge >= 0.3 is 0 Å². The second-order valence-corrected chi connectivity index (χ2v) is 7.64. The Morgan fingerprint density at radius 1 is 1.25 bits per heavy atom. The lowest BCUT2D eigenvalue weighted by Gasteiger charge is -2.31. The molecule has 0 atom stereocenters. The molecule has 0 saturated carbocycles. The van der Waals surface area contributed by atoms with Gasteiger partial charge in [-0.15, -0.1) is 0 Å². The zero-order valence-electron chi connectivity index (χ0n) is 13.2. The maximum Gasteiger partial charge on any atom is 0.268 e. The van der Waals surface area contributed by atoms with Crippen LogP contribution in [-0.4, -0.2) is 24.9 Å². The maximum atomic E-state index is 12.4. The van der Waals surface area contributed by atoms with Crippen molar-refractivity contribution in [3.05, 3.63) is 48.3 Å². The number of hydrogen-bond donors (Lipinski definition) is 2. The summed E-state index contributed by atoms with van der Waals surface area (Å²) < 4.78 is 32.9. The summed E-state index contributed by atoms with van der Waals surface area (Å²) in [6.07, 6.45) is 1.59. The molecule has 0 aliphatic carbocycles. The van der Waals surface area contributed by atoms with Crippen molar-refractivity contribution >= 4 is 21.6 Å². The molecular weight excluding hydrogens is 330 g/mol. The van der Waals surface area contributed by atoms with E-state index >= 15 is 0 Å². The summed E-state index contributed by atoms with van der Waals surface area (Å²) in [6.45, 7) is 3.37. The van der Waals surface area contributed by atoms with E-state index in [9.17, 15) is 13.2 Å². The molecule has 1 aliphatic heterocycles. The second kappa shape index (κ2) is 5.88. The van der Waals surface area contributed by atoms with Gasteiger partial charge in [-0.25, -0.2) is 13.1 Å². The van der Waals surface area contributed by atoms with Gasteiger partial charge in [0.05, 0.1) is 22.8 Å². The lowest BCUT2D eigenvalue weighted by molar-refractivity contribution is -0.129. The lowest BCUT2D eigenvalue weighted by atomic mass is 10.1. The molecule has 0 fully saturated rings. The van der Waals surface area contributed by atoms with Crippen LogP contribution in [0, 0.1) is 0 Å². The topological polar surface area (TPSA) is 97.4 Å². The number of nitrogens with zero attached hydrogens (tertiary/aromatic N) is 1. The number of nitrogens with one attached hydrogen (secondary N) is 2. The number of hydrogen-bond acceptors (Lipinski definition) is 5. The van der Waals surface area contributed by atoms with Crippen molar-refractivity contribution in [2.75, 3.05) is 5.32 Å². The minimum atomic E-state index is -3.74. The van der Waals surface area contributed by atoms with Gasteiger partial charge < -0.3 is 10.1 Å². The fourth-order valence-corrected chi connectivity index (χ4v) is 3.24. The third-order valence-electron chi connectivity index (χ3n) is 3.59. The van der Waals surface area contributed by atoms with Crippen molar-refractivity contribution in [2.45, 2.75) is 30.9 Å². The summed E-state index contributed by atoms with van der Waals surface area (Å²) in [7, 11) is -3.74. The first-order valence-corrected chi connectivity index (χ1v) is 8.80. The zero-order valence-corrected chi connectivity index (χ0v) is 14.1. The normalized spacial score (nSPS) is 16.0. The molecule has 8 heteroatoms. The molecule has 2 aromatic rings. The van der Waals surface area contributed by atoms with Gasteiger partial charge in [0.2, 0.25) is 10.0 Å². The minimum absolute atomic E-state index is 0.0424. The predicted molar refractivity (Wildman–Crippen MR) is 88.0 cm³/mol. The lowest BCUT2D eigenvalue weighted by Crippen LogP contribution is -2.45. The highest BCUT2D eigenvalue weighted by molar-refractivity contribution is 7.89. The molecule has 1 aromatic heterocycles. The summed E-state index contributed by atoms with van der Waals surface area (Å²) in [5.74, 6) is 0.106. The van der Waals surface area contributed by atoms with Crippen molar-refractivity contribution in [1.82, 2.24) is 9.71 Å². The van der Waals surface area contributed by atoms with E-state index in [0.717, 1.165) is 0 Å². The van der Waals surface area contributed by atoms with E-state index in [2.05, 4.69) is 15.0 Å². The molecule has 1 aliphatic rings. The quantitative estimate of drug-likeness (QED) is 0.877. The van der Waals surface area contributed by atoms with Crippen LogP contribution in [0.3, 0.4) is 0 Å².